The summed E-state index contributed by atoms with van der Waals surface area (Å²) in [7, 11) is 0. The first-order chi connectivity index (χ1) is 14.7. The Morgan fingerprint density at radius 1 is 0.633 bits per heavy atom. The summed E-state index contributed by atoms with van der Waals surface area (Å²) in [6.45, 7) is 0. The van der Waals surface area contributed by atoms with Crippen molar-refractivity contribution in [2.24, 2.45) is 4.99 Å². The number of aromatic nitrogens is 2. The lowest BCUT2D eigenvalue weighted by Crippen LogP contribution is -2.04. The summed E-state index contributed by atoms with van der Waals surface area (Å²) in [5, 5.41) is 9.19. The van der Waals surface area contributed by atoms with E-state index in [0.717, 1.165) is 11.1 Å². The highest BCUT2D eigenvalue weighted by molar-refractivity contribution is 6.23. The Bertz CT molecular complexity index is 1350. The quantitative estimate of drug-likeness (QED) is 0.377. The van der Waals surface area contributed by atoms with Crippen molar-refractivity contribution in [3.8, 4) is 40.0 Å². The number of nitrogens with zero attached hydrogens (tertiary/aromatic N) is 4. The maximum atomic E-state index is 13.5. The number of hydrogen-bond donors (Lipinski definition) is 0. The normalized spacial score (nSPS) is 13.0. The van der Waals surface area contributed by atoms with Gasteiger partial charge in [-0.15, -0.1) is 0 Å². The Kier molecular flexibility index (Phi) is 4.15. The van der Waals surface area contributed by atoms with E-state index in [9.17, 15) is 14.0 Å². The number of hydrogen-bond acceptors (Lipinski definition) is 4. The van der Waals surface area contributed by atoms with E-state index in [4.69, 9.17) is 9.97 Å². The van der Waals surface area contributed by atoms with Gasteiger partial charge < -0.3 is 0 Å². The van der Waals surface area contributed by atoms with Crippen molar-refractivity contribution in [3.63, 3.8) is 0 Å². The van der Waals surface area contributed by atoms with Gasteiger partial charge in [0.25, 0.3) is 0 Å². The second kappa shape index (κ2) is 6.98. The molecule has 1 aliphatic carbocycles. The number of benzene rings is 3. The smallest absolute Gasteiger partial charge is 0.206 e. The molecule has 6 heteroatoms. The van der Waals surface area contributed by atoms with Crippen LogP contribution in [0.25, 0.3) is 33.8 Å². The Balaban J connectivity index is 1.83. The molecule has 5 rings (SSSR count). The van der Waals surface area contributed by atoms with Gasteiger partial charge in [0, 0.05) is 22.3 Å². The number of halogens is 2. The summed E-state index contributed by atoms with van der Waals surface area (Å²) in [6, 6.07) is 19.4. The van der Waals surface area contributed by atoms with Crippen molar-refractivity contribution in [1.29, 1.82) is 5.26 Å². The van der Waals surface area contributed by atoms with Crippen LogP contribution in [-0.4, -0.2) is 15.7 Å². The molecule has 4 nitrogen and oxygen atoms in total. The van der Waals surface area contributed by atoms with Crippen LogP contribution in [0.15, 0.2) is 77.8 Å². The molecule has 0 spiro atoms. The van der Waals surface area contributed by atoms with E-state index in [0.29, 0.717) is 39.6 Å². The molecule has 3 aromatic carbocycles. The minimum Gasteiger partial charge on any atom is -0.243 e. The lowest BCUT2D eigenvalue weighted by molar-refractivity contribution is 0.627. The van der Waals surface area contributed by atoms with Crippen LogP contribution in [-0.2, 0) is 0 Å². The maximum Gasteiger partial charge on any atom is 0.206 e. The maximum absolute atomic E-state index is 13.5. The van der Waals surface area contributed by atoms with Crippen LogP contribution in [0.4, 0.5) is 8.78 Å². The van der Waals surface area contributed by atoms with Gasteiger partial charge in [0.2, 0.25) is 6.19 Å². The topological polar surface area (TPSA) is 61.9 Å². The molecule has 0 saturated heterocycles. The Hall–Kier alpha value is -4.24. The third kappa shape index (κ3) is 2.85. The zero-order valence-electron chi connectivity index (χ0n) is 15.5. The van der Waals surface area contributed by atoms with E-state index in [1.807, 2.05) is 30.5 Å². The van der Waals surface area contributed by atoms with Crippen molar-refractivity contribution >= 4 is 5.71 Å². The third-order valence-electron chi connectivity index (χ3n) is 4.95. The third-order valence-corrected chi connectivity index (χ3v) is 4.95. The molecule has 0 aliphatic heterocycles. The molecule has 4 aromatic rings. The van der Waals surface area contributed by atoms with Crippen molar-refractivity contribution < 1.29 is 8.78 Å². The van der Waals surface area contributed by atoms with Gasteiger partial charge in [-0.25, -0.2) is 18.7 Å². The Labute approximate surface area is 170 Å². The van der Waals surface area contributed by atoms with E-state index in [1.54, 1.807) is 24.3 Å². The number of nitriles is 1. The minimum atomic E-state index is -0.365. The van der Waals surface area contributed by atoms with Crippen molar-refractivity contribution in [1.82, 2.24) is 9.97 Å². The molecule has 0 radical (unpaired) electrons. The van der Waals surface area contributed by atoms with Gasteiger partial charge in [0.1, 0.15) is 23.0 Å². The van der Waals surface area contributed by atoms with Crippen LogP contribution in [0.1, 0.15) is 11.3 Å². The van der Waals surface area contributed by atoms with Gasteiger partial charge in [-0.05, 0) is 48.5 Å². The molecule has 0 atom stereocenters. The fourth-order valence-corrected chi connectivity index (χ4v) is 3.59. The second-order valence-corrected chi connectivity index (χ2v) is 6.74. The average Bonchev–Trinajstić information content (AvgIpc) is 3.07. The summed E-state index contributed by atoms with van der Waals surface area (Å²) in [5.41, 5.74) is 5.50. The number of rotatable bonds is 2. The van der Waals surface area contributed by atoms with Crippen LogP contribution in [0.5, 0.6) is 0 Å². The molecule has 0 fully saturated rings. The van der Waals surface area contributed by atoms with Crippen LogP contribution < -0.4 is 0 Å². The second-order valence-electron chi connectivity index (χ2n) is 6.74. The first-order valence-electron chi connectivity index (χ1n) is 9.16. The summed E-state index contributed by atoms with van der Waals surface area (Å²) in [4.78, 5) is 13.6. The highest BCUT2D eigenvalue weighted by Crippen LogP contribution is 2.39. The van der Waals surface area contributed by atoms with E-state index in [1.165, 1.54) is 24.3 Å². The number of aliphatic imine (C=N–C) groups is 1. The Morgan fingerprint density at radius 3 is 1.67 bits per heavy atom. The van der Waals surface area contributed by atoms with Gasteiger partial charge >= 0.3 is 0 Å². The molecule has 1 heterocycles. The molecule has 142 valence electrons. The summed E-state index contributed by atoms with van der Waals surface area (Å²) >= 11 is 0. The summed E-state index contributed by atoms with van der Waals surface area (Å²) < 4.78 is 27.0. The first-order valence-corrected chi connectivity index (χ1v) is 9.16. The van der Waals surface area contributed by atoms with Gasteiger partial charge in [0.05, 0.1) is 17.1 Å². The van der Waals surface area contributed by atoms with Gasteiger partial charge in [0.15, 0.2) is 0 Å². The minimum absolute atomic E-state index is 0.356. The molecular weight excluding hydrogens is 382 g/mol. The predicted octanol–water partition coefficient (Wildman–Crippen LogP) is 5.39. The SMILES string of the molecule is N#CN=C1c2ccccc2-c2nc(-c3ccc(F)cc3)c(-c3ccc(F)cc3)nc21. The molecule has 1 aliphatic rings. The van der Waals surface area contributed by atoms with Crippen LogP contribution >= 0.6 is 0 Å². The Morgan fingerprint density at radius 2 is 1.13 bits per heavy atom. The highest BCUT2D eigenvalue weighted by Gasteiger charge is 2.30. The molecule has 30 heavy (non-hydrogen) atoms. The van der Waals surface area contributed by atoms with Crippen LogP contribution in [0, 0.1) is 23.1 Å². The molecular formula is C24H12F2N4. The van der Waals surface area contributed by atoms with Crippen LogP contribution in [0.2, 0.25) is 0 Å². The van der Waals surface area contributed by atoms with Crippen molar-refractivity contribution in [2.75, 3.05) is 0 Å². The van der Waals surface area contributed by atoms with E-state index in [2.05, 4.69) is 4.99 Å². The highest BCUT2D eigenvalue weighted by atomic mass is 19.1. The lowest BCUT2D eigenvalue weighted by atomic mass is 10.0. The molecule has 0 saturated carbocycles. The largest absolute Gasteiger partial charge is 0.243 e. The van der Waals surface area contributed by atoms with E-state index >= 15 is 0 Å². The van der Waals surface area contributed by atoms with Gasteiger partial charge in [-0.2, -0.15) is 10.3 Å². The molecule has 0 unspecified atom stereocenters. The summed E-state index contributed by atoms with van der Waals surface area (Å²) in [6.07, 6.45) is 1.84. The first kappa shape index (κ1) is 17.8. The fourth-order valence-electron chi connectivity index (χ4n) is 3.59. The monoisotopic (exact) mass is 394 g/mol. The van der Waals surface area contributed by atoms with Crippen LogP contribution in [0.3, 0.4) is 0 Å². The predicted molar refractivity (Wildman–Crippen MR) is 110 cm³/mol. The zero-order chi connectivity index (χ0) is 20.7. The average molecular weight is 394 g/mol. The molecule has 0 N–H and O–H groups in total. The lowest BCUT2D eigenvalue weighted by Gasteiger charge is -2.12. The molecule has 0 bridgehead atoms. The van der Waals surface area contributed by atoms with Gasteiger partial charge in [-0.1, -0.05) is 24.3 Å². The number of fused-ring (bicyclic) bond motifs is 3. The van der Waals surface area contributed by atoms with Crippen molar-refractivity contribution in [2.45, 2.75) is 0 Å². The zero-order valence-corrected chi connectivity index (χ0v) is 15.5. The standard InChI is InChI=1S/C24H12F2N4/c25-16-9-5-14(6-10-16)20-21(15-7-11-17(26)12-8-15)30-24-22(28-13-27)18-3-1-2-4-19(18)23(24)29-20/h1-12H. The van der Waals surface area contributed by atoms with E-state index in [-0.39, 0.29) is 11.6 Å². The summed E-state index contributed by atoms with van der Waals surface area (Å²) in [5.74, 6) is -0.722. The van der Waals surface area contributed by atoms with E-state index < -0.39 is 0 Å². The van der Waals surface area contributed by atoms with Gasteiger partial charge in [-0.3, -0.25) is 0 Å². The molecule has 0 amide bonds. The fraction of sp³-hybridized carbons (Fsp3) is 0. The van der Waals surface area contributed by atoms with Crippen molar-refractivity contribution in [3.05, 3.63) is 95.7 Å². The molecule has 1 aromatic heterocycles.